The standard InChI is InChI=1S/C16H17FN2OS/c1-2-11-4-3-5-12(8-11)19-16(20)10-21-13-6-7-15(18)14(17)9-13/h3-9H,2,10,18H2,1H3,(H,19,20). The number of carbonyl (C=O) groups excluding carboxylic acids is 1. The van der Waals surface area contributed by atoms with Crippen LogP contribution in [0.25, 0.3) is 0 Å². The van der Waals surface area contributed by atoms with Gasteiger partial charge in [-0.2, -0.15) is 0 Å². The third-order valence-corrected chi connectivity index (χ3v) is 3.95. The van der Waals surface area contributed by atoms with E-state index in [1.54, 1.807) is 6.07 Å². The first kappa shape index (κ1) is 15.4. The van der Waals surface area contributed by atoms with Crippen molar-refractivity contribution in [1.29, 1.82) is 0 Å². The van der Waals surface area contributed by atoms with E-state index >= 15 is 0 Å². The summed E-state index contributed by atoms with van der Waals surface area (Å²) >= 11 is 1.27. The molecule has 1 amide bonds. The molecule has 0 aromatic heterocycles. The molecular weight excluding hydrogens is 287 g/mol. The molecule has 0 radical (unpaired) electrons. The Morgan fingerprint density at radius 2 is 2.10 bits per heavy atom. The van der Waals surface area contributed by atoms with Crippen molar-refractivity contribution < 1.29 is 9.18 Å². The van der Waals surface area contributed by atoms with Crippen molar-refractivity contribution in [3.8, 4) is 0 Å². The maximum atomic E-state index is 13.3. The number of halogens is 1. The average molecular weight is 304 g/mol. The third-order valence-electron chi connectivity index (χ3n) is 2.96. The summed E-state index contributed by atoms with van der Waals surface area (Å²) in [6.45, 7) is 2.06. The van der Waals surface area contributed by atoms with Crippen molar-refractivity contribution in [1.82, 2.24) is 0 Å². The number of hydrogen-bond donors (Lipinski definition) is 2. The fraction of sp³-hybridized carbons (Fsp3) is 0.188. The molecule has 2 aromatic carbocycles. The minimum atomic E-state index is -0.462. The van der Waals surface area contributed by atoms with Gasteiger partial charge in [0.05, 0.1) is 11.4 Å². The Balaban J connectivity index is 1.90. The molecule has 0 bridgehead atoms. The highest BCUT2D eigenvalue weighted by Crippen LogP contribution is 2.22. The van der Waals surface area contributed by atoms with Crippen LogP contribution in [0.2, 0.25) is 0 Å². The Labute approximate surface area is 127 Å². The number of carbonyl (C=O) groups is 1. The minimum Gasteiger partial charge on any atom is -0.396 e. The highest BCUT2D eigenvalue weighted by Gasteiger charge is 2.06. The third kappa shape index (κ3) is 4.49. The zero-order valence-electron chi connectivity index (χ0n) is 11.7. The van der Waals surface area contributed by atoms with Gasteiger partial charge in [0.1, 0.15) is 5.82 Å². The van der Waals surface area contributed by atoms with Crippen LogP contribution in [-0.2, 0) is 11.2 Å². The van der Waals surface area contributed by atoms with Crippen LogP contribution < -0.4 is 11.1 Å². The predicted molar refractivity (Wildman–Crippen MR) is 86.0 cm³/mol. The molecule has 0 heterocycles. The van der Waals surface area contributed by atoms with Crippen LogP contribution in [0.15, 0.2) is 47.4 Å². The van der Waals surface area contributed by atoms with E-state index in [1.165, 1.54) is 29.5 Å². The van der Waals surface area contributed by atoms with E-state index in [-0.39, 0.29) is 17.3 Å². The summed E-state index contributed by atoms with van der Waals surface area (Å²) < 4.78 is 13.3. The largest absolute Gasteiger partial charge is 0.396 e. The van der Waals surface area contributed by atoms with E-state index in [2.05, 4.69) is 12.2 Å². The molecule has 2 rings (SSSR count). The summed E-state index contributed by atoms with van der Waals surface area (Å²) in [6, 6.07) is 12.3. The molecule has 110 valence electrons. The maximum absolute atomic E-state index is 13.3. The zero-order chi connectivity index (χ0) is 15.2. The first-order chi connectivity index (χ1) is 10.1. The SMILES string of the molecule is CCc1cccc(NC(=O)CSc2ccc(N)c(F)c2)c1. The number of aryl methyl sites for hydroxylation is 1. The molecule has 0 unspecified atom stereocenters. The molecule has 3 N–H and O–H groups in total. The lowest BCUT2D eigenvalue weighted by molar-refractivity contribution is -0.113. The molecular formula is C16H17FN2OS. The van der Waals surface area contributed by atoms with E-state index in [4.69, 9.17) is 5.73 Å². The number of amides is 1. The molecule has 21 heavy (non-hydrogen) atoms. The number of anilines is 2. The minimum absolute atomic E-state index is 0.111. The Kier molecular flexibility index (Phi) is 5.22. The van der Waals surface area contributed by atoms with E-state index in [0.717, 1.165) is 12.1 Å². The number of benzene rings is 2. The second-order valence-electron chi connectivity index (χ2n) is 4.57. The molecule has 0 saturated carbocycles. The summed E-state index contributed by atoms with van der Waals surface area (Å²) in [5.41, 5.74) is 7.47. The quantitative estimate of drug-likeness (QED) is 0.654. The fourth-order valence-corrected chi connectivity index (χ4v) is 2.53. The van der Waals surface area contributed by atoms with Gasteiger partial charge in [0.25, 0.3) is 0 Å². The molecule has 0 aliphatic heterocycles. The van der Waals surface area contributed by atoms with E-state index in [1.807, 2.05) is 24.3 Å². The Morgan fingerprint density at radius 1 is 1.29 bits per heavy atom. The lowest BCUT2D eigenvalue weighted by atomic mass is 10.1. The highest BCUT2D eigenvalue weighted by atomic mass is 32.2. The molecule has 0 fully saturated rings. The van der Waals surface area contributed by atoms with Crippen molar-refractivity contribution in [2.75, 3.05) is 16.8 Å². The van der Waals surface area contributed by atoms with E-state index in [9.17, 15) is 9.18 Å². The van der Waals surface area contributed by atoms with Gasteiger partial charge < -0.3 is 11.1 Å². The topological polar surface area (TPSA) is 55.1 Å². The van der Waals surface area contributed by atoms with Crippen molar-refractivity contribution in [2.45, 2.75) is 18.2 Å². The van der Waals surface area contributed by atoms with Crippen molar-refractivity contribution >= 4 is 29.0 Å². The second kappa shape index (κ2) is 7.13. The van der Waals surface area contributed by atoms with Gasteiger partial charge in [-0.05, 0) is 42.3 Å². The molecule has 3 nitrogen and oxygen atoms in total. The van der Waals surface area contributed by atoms with E-state index < -0.39 is 5.82 Å². The Bertz CT molecular complexity index is 646. The Hall–Kier alpha value is -2.01. The van der Waals surface area contributed by atoms with Crippen LogP contribution in [-0.4, -0.2) is 11.7 Å². The molecule has 5 heteroatoms. The molecule has 0 saturated heterocycles. The van der Waals surface area contributed by atoms with Crippen molar-refractivity contribution in [3.63, 3.8) is 0 Å². The lowest BCUT2D eigenvalue weighted by Crippen LogP contribution is -2.14. The van der Waals surface area contributed by atoms with Crippen LogP contribution in [0.5, 0.6) is 0 Å². The summed E-state index contributed by atoms with van der Waals surface area (Å²) in [7, 11) is 0. The van der Waals surface area contributed by atoms with Crippen LogP contribution in [0.1, 0.15) is 12.5 Å². The normalized spacial score (nSPS) is 10.4. The fourth-order valence-electron chi connectivity index (χ4n) is 1.81. The first-order valence-corrected chi connectivity index (χ1v) is 7.63. The van der Waals surface area contributed by atoms with Gasteiger partial charge >= 0.3 is 0 Å². The number of thioether (sulfide) groups is 1. The summed E-state index contributed by atoms with van der Waals surface area (Å²) in [5.74, 6) is -0.360. The summed E-state index contributed by atoms with van der Waals surface area (Å²) in [6.07, 6.45) is 0.920. The van der Waals surface area contributed by atoms with Crippen LogP contribution in [0.3, 0.4) is 0 Å². The van der Waals surface area contributed by atoms with Crippen LogP contribution in [0, 0.1) is 5.82 Å². The lowest BCUT2D eigenvalue weighted by Gasteiger charge is -2.07. The second-order valence-corrected chi connectivity index (χ2v) is 5.62. The smallest absolute Gasteiger partial charge is 0.234 e. The van der Waals surface area contributed by atoms with Crippen molar-refractivity contribution in [3.05, 3.63) is 53.8 Å². The van der Waals surface area contributed by atoms with Gasteiger partial charge in [-0.25, -0.2) is 4.39 Å². The highest BCUT2D eigenvalue weighted by molar-refractivity contribution is 8.00. The molecule has 0 aliphatic carbocycles. The molecule has 0 aliphatic rings. The summed E-state index contributed by atoms with van der Waals surface area (Å²) in [5, 5.41) is 2.83. The number of nitrogen functional groups attached to an aromatic ring is 1. The maximum Gasteiger partial charge on any atom is 0.234 e. The van der Waals surface area contributed by atoms with Gasteiger partial charge in [0, 0.05) is 10.6 Å². The molecule has 0 spiro atoms. The number of nitrogens with one attached hydrogen (secondary N) is 1. The van der Waals surface area contributed by atoms with E-state index in [0.29, 0.717) is 4.90 Å². The first-order valence-electron chi connectivity index (χ1n) is 6.65. The Morgan fingerprint density at radius 3 is 2.81 bits per heavy atom. The van der Waals surface area contributed by atoms with Crippen molar-refractivity contribution in [2.24, 2.45) is 0 Å². The number of rotatable bonds is 5. The van der Waals surface area contributed by atoms with Gasteiger partial charge in [-0.1, -0.05) is 19.1 Å². The number of nitrogens with two attached hydrogens (primary N) is 1. The molecule has 0 atom stereocenters. The zero-order valence-corrected chi connectivity index (χ0v) is 12.5. The van der Waals surface area contributed by atoms with Crippen LogP contribution >= 0.6 is 11.8 Å². The van der Waals surface area contributed by atoms with Gasteiger partial charge in [-0.15, -0.1) is 11.8 Å². The average Bonchev–Trinajstić information content (AvgIpc) is 2.48. The molecule has 2 aromatic rings. The van der Waals surface area contributed by atoms with Crippen LogP contribution in [0.4, 0.5) is 15.8 Å². The van der Waals surface area contributed by atoms with Gasteiger partial charge in [-0.3, -0.25) is 4.79 Å². The summed E-state index contributed by atoms with van der Waals surface area (Å²) in [4.78, 5) is 12.6. The van der Waals surface area contributed by atoms with Gasteiger partial charge in [0.15, 0.2) is 0 Å². The monoisotopic (exact) mass is 304 g/mol. The predicted octanol–water partition coefficient (Wildman–Crippen LogP) is 3.70. The van der Waals surface area contributed by atoms with Gasteiger partial charge in [0.2, 0.25) is 5.91 Å². The number of hydrogen-bond acceptors (Lipinski definition) is 3.